The monoisotopic (exact) mass is 268 g/mol. The Morgan fingerprint density at radius 1 is 1.17 bits per heavy atom. The average molecular weight is 268 g/mol. The maximum atomic E-state index is 12.7. The van der Waals surface area contributed by atoms with Crippen LogP contribution in [0.2, 0.25) is 0 Å². The van der Waals surface area contributed by atoms with Crippen molar-refractivity contribution in [2.75, 3.05) is 26.2 Å². The van der Waals surface area contributed by atoms with E-state index in [0.717, 1.165) is 31.7 Å². The van der Waals surface area contributed by atoms with Gasteiger partial charge in [-0.2, -0.15) is 5.10 Å². The number of nitrogens with zero attached hydrogens (tertiary/aromatic N) is 3. The van der Waals surface area contributed by atoms with E-state index in [4.69, 9.17) is 0 Å². The number of nitrogens with one attached hydrogen (secondary N) is 1. The van der Waals surface area contributed by atoms with Crippen molar-refractivity contribution in [1.29, 1.82) is 0 Å². The second-order valence-electron chi connectivity index (χ2n) is 4.36. The Hall–Kier alpha value is -1.23. The number of halogens is 1. The molecule has 96 valence electrons. The van der Waals surface area contributed by atoms with Crippen molar-refractivity contribution in [2.45, 2.75) is 0 Å². The highest BCUT2D eigenvalue weighted by Gasteiger charge is 2.48. The first-order valence-corrected chi connectivity index (χ1v) is 7.46. The van der Waals surface area contributed by atoms with Crippen molar-refractivity contribution >= 4 is 13.8 Å². The maximum absolute atomic E-state index is 12.7. The molecule has 2 aliphatic rings. The van der Waals surface area contributed by atoms with Crippen molar-refractivity contribution in [3.05, 3.63) is 35.6 Å². The van der Waals surface area contributed by atoms with E-state index in [-0.39, 0.29) is 5.82 Å². The molecule has 0 aliphatic carbocycles. The van der Waals surface area contributed by atoms with Crippen molar-refractivity contribution in [3.63, 3.8) is 0 Å². The van der Waals surface area contributed by atoms with Crippen LogP contribution >= 0.6 is 7.59 Å². The quantitative estimate of drug-likeness (QED) is 0.380. The number of hydrogen-bond acceptors (Lipinski definition) is 2. The van der Waals surface area contributed by atoms with E-state index in [1.54, 1.807) is 18.3 Å². The molecular formula is C11H14FN4OP. The highest BCUT2D eigenvalue weighted by atomic mass is 31.2. The fourth-order valence-electron chi connectivity index (χ4n) is 1.66. The highest BCUT2D eigenvalue weighted by Crippen LogP contribution is 2.56. The normalized spacial score (nSPS) is 20.3. The van der Waals surface area contributed by atoms with Crippen LogP contribution in [-0.2, 0) is 4.57 Å². The zero-order valence-corrected chi connectivity index (χ0v) is 10.7. The van der Waals surface area contributed by atoms with Crippen LogP contribution < -0.4 is 5.20 Å². The predicted molar refractivity (Wildman–Crippen MR) is 67.9 cm³/mol. The molecule has 1 aromatic rings. The number of hydrazone groups is 1. The van der Waals surface area contributed by atoms with Gasteiger partial charge in [-0.05, 0) is 17.7 Å². The number of benzene rings is 1. The fraction of sp³-hybridized carbons (Fsp3) is 0.364. The molecule has 0 atom stereocenters. The Kier molecular flexibility index (Phi) is 2.93. The lowest BCUT2D eigenvalue weighted by Gasteiger charge is -2.18. The van der Waals surface area contributed by atoms with Gasteiger partial charge in [-0.3, -0.25) is 4.57 Å². The smallest absolute Gasteiger partial charge is 0.262 e. The van der Waals surface area contributed by atoms with Gasteiger partial charge >= 0.3 is 7.59 Å². The van der Waals surface area contributed by atoms with E-state index in [0.29, 0.717) is 0 Å². The van der Waals surface area contributed by atoms with Gasteiger partial charge in [-0.15, -0.1) is 0 Å². The minimum absolute atomic E-state index is 0.279. The first-order chi connectivity index (χ1) is 8.68. The molecule has 7 heteroatoms. The van der Waals surface area contributed by atoms with Crippen LogP contribution in [0.1, 0.15) is 5.56 Å². The summed E-state index contributed by atoms with van der Waals surface area (Å²) < 4.78 is 29.0. The largest absolute Gasteiger partial charge is 0.324 e. The van der Waals surface area contributed by atoms with Crippen LogP contribution in [0.4, 0.5) is 4.39 Å². The predicted octanol–water partition coefficient (Wildman–Crippen LogP) is 1.49. The van der Waals surface area contributed by atoms with E-state index in [1.807, 2.05) is 9.34 Å². The molecule has 0 saturated carbocycles. The fourth-order valence-corrected chi connectivity index (χ4v) is 3.75. The highest BCUT2D eigenvalue weighted by molar-refractivity contribution is 7.57. The average Bonchev–Trinajstić information content (AvgIpc) is 3.21. The SMILES string of the molecule is O=P(N/N=C/c1ccc(F)cc1)(N1CC1)N1CC1. The van der Waals surface area contributed by atoms with Crippen LogP contribution in [0, 0.1) is 5.82 Å². The summed E-state index contributed by atoms with van der Waals surface area (Å²) in [5, 5.41) is 6.79. The first-order valence-electron chi connectivity index (χ1n) is 5.85. The van der Waals surface area contributed by atoms with Crippen LogP contribution in [0.25, 0.3) is 0 Å². The number of hydrogen-bond donors (Lipinski definition) is 1. The minimum Gasteiger partial charge on any atom is -0.262 e. The van der Waals surface area contributed by atoms with Crippen molar-refractivity contribution in [1.82, 2.24) is 14.5 Å². The van der Waals surface area contributed by atoms with E-state index in [9.17, 15) is 8.96 Å². The molecule has 0 aromatic heterocycles. The lowest BCUT2D eigenvalue weighted by atomic mass is 10.2. The molecule has 1 N–H and O–H groups in total. The van der Waals surface area contributed by atoms with Crippen molar-refractivity contribution in [2.24, 2.45) is 5.10 Å². The summed E-state index contributed by atoms with van der Waals surface area (Å²) in [5.41, 5.74) is 0.770. The number of rotatable bonds is 5. The Balaban J connectivity index is 1.66. The van der Waals surface area contributed by atoms with Crippen LogP contribution in [0.3, 0.4) is 0 Å². The van der Waals surface area contributed by atoms with Gasteiger partial charge in [-0.1, -0.05) is 12.1 Å². The summed E-state index contributed by atoms with van der Waals surface area (Å²) in [6.07, 6.45) is 1.55. The first kappa shape index (κ1) is 11.8. The molecule has 0 unspecified atom stereocenters. The summed E-state index contributed by atoms with van der Waals surface area (Å²) >= 11 is 0. The van der Waals surface area contributed by atoms with E-state index in [2.05, 4.69) is 10.3 Å². The van der Waals surface area contributed by atoms with E-state index in [1.165, 1.54) is 12.1 Å². The Bertz CT molecular complexity index is 494. The van der Waals surface area contributed by atoms with Gasteiger partial charge in [-0.25, -0.2) is 18.9 Å². The van der Waals surface area contributed by atoms with Gasteiger partial charge in [0.2, 0.25) is 0 Å². The second kappa shape index (κ2) is 4.46. The third kappa shape index (κ3) is 2.46. The Labute approximate surface area is 105 Å². The van der Waals surface area contributed by atoms with Crippen LogP contribution in [0.15, 0.2) is 29.4 Å². The zero-order chi connectivity index (χ0) is 12.6. The molecule has 5 nitrogen and oxygen atoms in total. The molecule has 2 fully saturated rings. The van der Waals surface area contributed by atoms with Gasteiger partial charge in [0.05, 0.1) is 6.21 Å². The summed E-state index contributed by atoms with van der Waals surface area (Å²) in [5.74, 6) is -0.279. The molecule has 0 bridgehead atoms. The minimum atomic E-state index is -2.64. The molecule has 3 rings (SSSR count). The second-order valence-corrected chi connectivity index (χ2v) is 6.78. The van der Waals surface area contributed by atoms with Gasteiger partial charge in [0.1, 0.15) is 5.82 Å². The van der Waals surface area contributed by atoms with Gasteiger partial charge in [0.15, 0.2) is 0 Å². The van der Waals surface area contributed by atoms with Crippen molar-refractivity contribution < 1.29 is 8.96 Å². The van der Waals surface area contributed by atoms with E-state index < -0.39 is 7.59 Å². The zero-order valence-electron chi connectivity index (χ0n) is 9.79. The lowest BCUT2D eigenvalue weighted by molar-refractivity contribution is 0.505. The summed E-state index contributed by atoms with van der Waals surface area (Å²) in [6, 6.07) is 5.99. The molecule has 2 aliphatic heterocycles. The van der Waals surface area contributed by atoms with Crippen LogP contribution in [-0.4, -0.2) is 41.7 Å². The van der Waals surface area contributed by atoms with Gasteiger partial charge in [0, 0.05) is 26.2 Å². The molecule has 1 aromatic carbocycles. The molecule has 0 radical (unpaired) electrons. The molecule has 0 amide bonds. The molecule has 0 spiro atoms. The van der Waals surface area contributed by atoms with Gasteiger partial charge in [0.25, 0.3) is 0 Å². The van der Waals surface area contributed by atoms with Gasteiger partial charge < -0.3 is 0 Å². The van der Waals surface area contributed by atoms with Crippen LogP contribution in [0.5, 0.6) is 0 Å². The summed E-state index contributed by atoms with van der Waals surface area (Å²) in [6.45, 7) is 3.42. The van der Waals surface area contributed by atoms with Crippen molar-refractivity contribution in [3.8, 4) is 0 Å². The molecular weight excluding hydrogens is 254 g/mol. The summed E-state index contributed by atoms with van der Waals surface area (Å²) in [4.78, 5) is 0. The maximum Gasteiger partial charge on any atom is 0.324 e. The lowest BCUT2D eigenvalue weighted by Crippen LogP contribution is -2.16. The molecule has 2 heterocycles. The Morgan fingerprint density at radius 2 is 1.72 bits per heavy atom. The third-order valence-electron chi connectivity index (χ3n) is 2.89. The Morgan fingerprint density at radius 3 is 2.22 bits per heavy atom. The standard InChI is InChI=1S/C11H14FN4OP/c12-11-3-1-10(2-4-11)9-13-14-18(17,15-5-6-15)16-7-8-16/h1-4,9H,5-8H2,(H,14,17)/b13-9+. The third-order valence-corrected chi connectivity index (χ3v) is 5.60. The van der Waals surface area contributed by atoms with E-state index >= 15 is 0 Å². The molecule has 2 saturated heterocycles. The molecule has 18 heavy (non-hydrogen) atoms. The summed E-state index contributed by atoms with van der Waals surface area (Å²) in [7, 11) is -2.64. The topological polar surface area (TPSA) is 47.5 Å².